The van der Waals surface area contributed by atoms with Gasteiger partial charge in [0.05, 0.1) is 30.6 Å². The first-order chi connectivity index (χ1) is 6.92. The van der Waals surface area contributed by atoms with E-state index >= 15 is 0 Å². The van der Waals surface area contributed by atoms with Gasteiger partial charge in [-0.15, -0.1) is 0 Å². The van der Waals surface area contributed by atoms with E-state index in [0.717, 1.165) is 16.8 Å². The fraction of sp³-hybridized carbons (Fsp3) is 0.300. The quantitative estimate of drug-likeness (QED) is 0.777. The van der Waals surface area contributed by atoms with E-state index < -0.39 is 0 Å². The molecular formula is C10H10N2O2. The second kappa shape index (κ2) is 2.99. The molecule has 1 fully saturated rings. The molecule has 3 rings (SSSR count). The first kappa shape index (κ1) is 7.82. The molecule has 0 saturated carbocycles. The number of H-pyrrole nitrogens is 1. The van der Waals surface area contributed by atoms with E-state index in [1.165, 1.54) is 0 Å². The van der Waals surface area contributed by atoms with Crippen LogP contribution >= 0.6 is 0 Å². The van der Waals surface area contributed by atoms with Crippen molar-refractivity contribution in [1.29, 1.82) is 0 Å². The number of nitrogens with zero attached hydrogens (tertiary/aromatic N) is 1. The van der Waals surface area contributed by atoms with Crippen molar-refractivity contribution in [3.63, 3.8) is 0 Å². The maximum absolute atomic E-state index is 5.66. The van der Waals surface area contributed by atoms with Gasteiger partial charge in [0.1, 0.15) is 11.9 Å². The van der Waals surface area contributed by atoms with Crippen molar-refractivity contribution in [1.82, 2.24) is 9.97 Å². The van der Waals surface area contributed by atoms with Crippen LogP contribution in [0.5, 0.6) is 5.75 Å². The molecule has 2 heterocycles. The summed E-state index contributed by atoms with van der Waals surface area (Å²) in [6.07, 6.45) is 1.90. The summed E-state index contributed by atoms with van der Waals surface area (Å²) >= 11 is 0. The lowest BCUT2D eigenvalue weighted by Crippen LogP contribution is -2.38. The first-order valence-corrected chi connectivity index (χ1v) is 4.59. The molecule has 0 spiro atoms. The standard InChI is InChI=1S/C10H10N2O2/c1-2-9-10(12-6-11-9)3-7(1)14-8-4-13-5-8/h1-3,6,8H,4-5H2,(H,11,12). The molecule has 1 aliphatic rings. The van der Waals surface area contributed by atoms with Crippen molar-refractivity contribution < 1.29 is 9.47 Å². The summed E-state index contributed by atoms with van der Waals surface area (Å²) in [5.74, 6) is 0.870. The monoisotopic (exact) mass is 190 g/mol. The van der Waals surface area contributed by atoms with E-state index in [4.69, 9.17) is 9.47 Å². The Kier molecular flexibility index (Phi) is 1.67. The maximum atomic E-state index is 5.66. The predicted octanol–water partition coefficient (Wildman–Crippen LogP) is 1.34. The summed E-state index contributed by atoms with van der Waals surface area (Å²) in [5.41, 5.74) is 1.96. The minimum atomic E-state index is 0.218. The lowest BCUT2D eigenvalue weighted by Gasteiger charge is -2.26. The first-order valence-electron chi connectivity index (χ1n) is 4.59. The average molecular weight is 190 g/mol. The van der Waals surface area contributed by atoms with Crippen molar-refractivity contribution in [2.75, 3.05) is 13.2 Å². The molecular weight excluding hydrogens is 180 g/mol. The molecule has 0 bridgehead atoms. The van der Waals surface area contributed by atoms with Crippen LogP contribution in [0, 0.1) is 0 Å². The number of aromatic amines is 1. The van der Waals surface area contributed by atoms with E-state index in [-0.39, 0.29) is 6.10 Å². The van der Waals surface area contributed by atoms with Crippen molar-refractivity contribution in [3.05, 3.63) is 24.5 Å². The van der Waals surface area contributed by atoms with E-state index in [2.05, 4.69) is 9.97 Å². The topological polar surface area (TPSA) is 47.1 Å². The summed E-state index contributed by atoms with van der Waals surface area (Å²) in [4.78, 5) is 7.18. The Bertz CT molecular complexity index is 448. The molecule has 2 aromatic rings. The molecule has 4 nitrogen and oxygen atoms in total. The Hall–Kier alpha value is -1.55. The second-order valence-electron chi connectivity index (χ2n) is 3.36. The van der Waals surface area contributed by atoms with Crippen LogP contribution in [0.1, 0.15) is 0 Å². The molecule has 72 valence electrons. The maximum Gasteiger partial charge on any atom is 0.145 e. The van der Waals surface area contributed by atoms with Crippen LogP contribution in [0.4, 0.5) is 0 Å². The van der Waals surface area contributed by atoms with Gasteiger partial charge in [-0.25, -0.2) is 4.98 Å². The third-order valence-electron chi connectivity index (χ3n) is 2.30. The zero-order chi connectivity index (χ0) is 9.38. The van der Waals surface area contributed by atoms with Crippen molar-refractivity contribution in [3.8, 4) is 5.75 Å². The van der Waals surface area contributed by atoms with Crippen molar-refractivity contribution >= 4 is 11.0 Å². The fourth-order valence-corrected chi connectivity index (χ4v) is 1.46. The number of fused-ring (bicyclic) bond motifs is 1. The lowest BCUT2D eigenvalue weighted by molar-refractivity contribution is -0.0796. The number of imidazole rings is 1. The highest BCUT2D eigenvalue weighted by Crippen LogP contribution is 2.20. The fourth-order valence-electron chi connectivity index (χ4n) is 1.46. The van der Waals surface area contributed by atoms with Crippen LogP contribution in [-0.4, -0.2) is 29.3 Å². The van der Waals surface area contributed by atoms with E-state index in [9.17, 15) is 0 Å². The Morgan fingerprint density at radius 3 is 3.14 bits per heavy atom. The van der Waals surface area contributed by atoms with Crippen LogP contribution in [0.25, 0.3) is 11.0 Å². The van der Waals surface area contributed by atoms with Crippen LogP contribution in [0.3, 0.4) is 0 Å². The molecule has 0 unspecified atom stereocenters. The Morgan fingerprint density at radius 1 is 1.43 bits per heavy atom. The normalized spacial score (nSPS) is 16.9. The predicted molar refractivity (Wildman–Crippen MR) is 51.3 cm³/mol. The Balaban J connectivity index is 1.88. The number of aromatic nitrogens is 2. The van der Waals surface area contributed by atoms with Gasteiger partial charge in [0, 0.05) is 6.07 Å². The Morgan fingerprint density at radius 2 is 2.36 bits per heavy atom. The van der Waals surface area contributed by atoms with Gasteiger partial charge in [0.2, 0.25) is 0 Å². The smallest absolute Gasteiger partial charge is 0.145 e. The highest BCUT2D eigenvalue weighted by Gasteiger charge is 2.19. The molecule has 14 heavy (non-hydrogen) atoms. The third kappa shape index (κ3) is 1.24. The summed E-state index contributed by atoms with van der Waals surface area (Å²) in [6.45, 7) is 1.39. The molecule has 0 aliphatic carbocycles. The molecule has 1 aromatic carbocycles. The number of benzene rings is 1. The van der Waals surface area contributed by atoms with Gasteiger partial charge >= 0.3 is 0 Å². The average Bonchev–Trinajstić information content (AvgIpc) is 2.58. The minimum absolute atomic E-state index is 0.218. The minimum Gasteiger partial charge on any atom is -0.486 e. The lowest BCUT2D eigenvalue weighted by atomic mass is 10.3. The highest BCUT2D eigenvalue weighted by molar-refractivity contribution is 5.75. The van der Waals surface area contributed by atoms with Gasteiger partial charge < -0.3 is 14.5 Å². The molecule has 0 amide bonds. The van der Waals surface area contributed by atoms with Gasteiger partial charge in [-0.05, 0) is 12.1 Å². The number of hydrogen-bond acceptors (Lipinski definition) is 3. The van der Waals surface area contributed by atoms with Gasteiger partial charge in [-0.3, -0.25) is 0 Å². The van der Waals surface area contributed by atoms with E-state index in [1.807, 2.05) is 18.2 Å². The van der Waals surface area contributed by atoms with Gasteiger partial charge in [0.15, 0.2) is 0 Å². The summed E-state index contributed by atoms with van der Waals surface area (Å²) < 4.78 is 10.7. The highest BCUT2D eigenvalue weighted by atomic mass is 16.6. The van der Waals surface area contributed by atoms with Gasteiger partial charge in [-0.2, -0.15) is 0 Å². The van der Waals surface area contributed by atoms with Gasteiger partial charge in [0.25, 0.3) is 0 Å². The Labute approximate surface area is 80.9 Å². The number of rotatable bonds is 2. The zero-order valence-corrected chi connectivity index (χ0v) is 7.56. The molecule has 1 aromatic heterocycles. The molecule has 1 aliphatic heterocycles. The number of ether oxygens (including phenoxy) is 2. The molecule has 0 atom stereocenters. The van der Waals surface area contributed by atoms with E-state index in [0.29, 0.717) is 13.2 Å². The summed E-state index contributed by atoms with van der Waals surface area (Å²) in [7, 11) is 0. The largest absolute Gasteiger partial charge is 0.486 e. The van der Waals surface area contributed by atoms with Crippen LogP contribution in [0.2, 0.25) is 0 Å². The number of nitrogens with one attached hydrogen (secondary N) is 1. The van der Waals surface area contributed by atoms with Crippen molar-refractivity contribution in [2.45, 2.75) is 6.10 Å². The zero-order valence-electron chi connectivity index (χ0n) is 7.56. The summed E-state index contributed by atoms with van der Waals surface area (Å²) in [5, 5.41) is 0. The molecule has 1 N–H and O–H groups in total. The number of hydrogen-bond donors (Lipinski definition) is 1. The SMILES string of the molecule is c1nc2ccc(OC3COC3)cc2[nH]1. The van der Waals surface area contributed by atoms with E-state index in [1.54, 1.807) is 6.33 Å². The van der Waals surface area contributed by atoms with Crippen LogP contribution in [-0.2, 0) is 4.74 Å². The van der Waals surface area contributed by atoms with Crippen LogP contribution in [0.15, 0.2) is 24.5 Å². The molecule has 0 radical (unpaired) electrons. The molecule has 1 saturated heterocycles. The van der Waals surface area contributed by atoms with Gasteiger partial charge in [-0.1, -0.05) is 0 Å². The summed E-state index contributed by atoms with van der Waals surface area (Å²) in [6, 6.07) is 5.84. The third-order valence-corrected chi connectivity index (χ3v) is 2.30. The van der Waals surface area contributed by atoms with Crippen LogP contribution < -0.4 is 4.74 Å². The van der Waals surface area contributed by atoms with Crippen molar-refractivity contribution in [2.24, 2.45) is 0 Å². The second-order valence-corrected chi connectivity index (χ2v) is 3.36. The molecule has 4 heteroatoms.